The van der Waals surface area contributed by atoms with Gasteiger partial charge in [0.2, 0.25) is 5.16 Å². The molecule has 0 saturated heterocycles. The Labute approximate surface area is 89.3 Å². The zero-order valence-corrected chi connectivity index (χ0v) is 8.80. The lowest BCUT2D eigenvalue weighted by atomic mass is 10.7. The second kappa shape index (κ2) is 3.93. The maximum atomic E-state index is 5.70. The molecule has 0 aliphatic heterocycles. The van der Waals surface area contributed by atoms with E-state index in [4.69, 9.17) is 11.6 Å². The average Bonchev–Trinajstić information content (AvgIpc) is 2.51. The van der Waals surface area contributed by atoms with Crippen LogP contribution in [0.5, 0.6) is 0 Å². The van der Waals surface area contributed by atoms with E-state index in [1.807, 2.05) is 6.92 Å². The second-order valence-electron chi connectivity index (χ2n) is 2.48. The predicted octanol–water partition coefficient (Wildman–Crippen LogP) is 1.71. The van der Waals surface area contributed by atoms with E-state index in [2.05, 4.69) is 25.1 Å². The van der Waals surface area contributed by atoms with Crippen LogP contribution >= 0.6 is 23.4 Å². The quantitative estimate of drug-likeness (QED) is 0.791. The van der Waals surface area contributed by atoms with E-state index in [0.29, 0.717) is 10.3 Å². The molecule has 72 valence electrons. The number of rotatable bonds is 2. The maximum Gasteiger partial charge on any atom is 0.214 e. The summed E-state index contributed by atoms with van der Waals surface area (Å²) in [5.41, 5.74) is 0. The van der Waals surface area contributed by atoms with Crippen molar-refractivity contribution in [2.24, 2.45) is 0 Å². The molecule has 0 aliphatic carbocycles. The van der Waals surface area contributed by atoms with Crippen LogP contribution in [0.15, 0.2) is 22.6 Å². The van der Waals surface area contributed by atoms with Crippen LogP contribution in [0.3, 0.4) is 0 Å². The van der Waals surface area contributed by atoms with Gasteiger partial charge < -0.3 is 0 Å². The number of nitrogens with one attached hydrogen (secondary N) is 1. The number of hydrogen-bond donors (Lipinski definition) is 1. The van der Waals surface area contributed by atoms with Crippen molar-refractivity contribution in [1.29, 1.82) is 0 Å². The molecule has 2 heterocycles. The van der Waals surface area contributed by atoms with Crippen molar-refractivity contribution in [1.82, 2.24) is 25.1 Å². The molecular weight excluding hydrogens is 222 g/mol. The minimum Gasteiger partial charge on any atom is -0.262 e. The topological polar surface area (TPSA) is 67.3 Å². The molecule has 0 atom stereocenters. The standard InChI is InChI=1S/C7H6ClN5S/c1-4-11-7(13-12-4)14-6-2-5(8)9-3-10-6/h2-3H,1H3,(H,11,12,13). The Bertz CT molecular complexity index is 443. The number of H-pyrrole nitrogens is 1. The summed E-state index contributed by atoms with van der Waals surface area (Å²) in [4.78, 5) is 11.9. The van der Waals surface area contributed by atoms with Crippen LogP contribution in [-0.4, -0.2) is 25.1 Å². The summed E-state index contributed by atoms with van der Waals surface area (Å²) < 4.78 is 0. The predicted molar refractivity (Wildman–Crippen MR) is 52.3 cm³/mol. The summed E-state index contributed by atoms with van der Waals surface area (Å²) in [7, 11) is 0. The molecule has 2 aromatic heterocycles. The third-order valence-corrected chi connectivity index (χ3v) is 2.39. The molecule has 0 fully saturated rings. The summed E-state index contributed by atoms with van der Waals surface area (Å²) in [6.45, 7) is 1.84. The third-order valence-electron chi connectivity index (χ3n) is 1.38. The Hall–Kier alpha value is -1.14. The minimum atomic E-state index is 0.412. The molecule has 2 rings (SSSR count). The fourth-order valence-corrected chi connectivity index (χ4v) is 1.78. The van der Waals surface area contributed by atoms with Gasteiger partial charge in [-0.15, -0.1) is 5.10 Å². The molecule has 0 aliphatic rings. The molecule has 0 bridgehead atoms. The number of nitrogens with zero attached hydrogens (tertiary/aromatic N) is 4. The van der Waals surface area contributed by atoms with Crippen molar-refractivity contribution >= 4 is 23.4 Å². The zero-order chi connectivity index (χ0) is 9.97. The monoisotopic (exact) mass is 227 g/mol. The summed E-state index contributed by atoms with van der Waals surface area (Å²) in [6, 6.07) is 1.66. The number of aromatic amines is 1. The Morgan fingerprint density at radius 2 is 2.29 bits per heavy atom. The molecule has 0 amide bonds. The molecule has 0 aromatic carbocycles. The van der Waals surface area contributed by atoms with Gasteiger partial charge in [-0.2, -0.15) is 0 Å². The Kier molecular flexibility index (Phi) is 2.64. The van der Waals surface area contributed by atoms with Crippen LogP contribution in [-0.2, 0) is 0 Å². The zero-order valence-electron chi connectivity index (χ0n) is 7.23. The van der Waals surface area contributed by atoms with E-state index < -0.39 is 0 Å². The van der Waals surface area contributed by atoms with Crippen LogP contribution in [0.25, 0.3) is 0 Å². The van der Waals surface area contributed by atoms with E-state index in [9.17, 15) is 0 Å². The van der Waals surface area contributed by atoms with Crippen molar-refractivity contribution in [3.8, 4) is 0 Å². The van der Waals surface area contributed by atoms with Crippen molar-refractivity contribution in [3.63, 3.8) is 0 Å². The first kappa shape index (κ1) is 9.42. The normalized spacial score (nSPS) is 10.4. The third kappa shape index (κ3) is 2.21. The molecular formula is C7H6ClN5S. The first-order valence-electron chi connectivity index (χ1n) is 3.78. The van der Waals surface area contributed by atoms with Crippen molar-refractivity contribution in [2.45, 2.75) is 17.1 Å². The molecule has 0 spiro atoms. The average molecular weight is 228 g/mol. The lowest BCUT2D eigenvalue weighted by Crippen LogP contribution is -1.83. The summed E-state index contributed by atoms with van der Waals surface area (Å²) >= 11 is 7.04. The van der Waals surface area contributed by atoms with E-state index in [1.54, 1.807) is 6.07 Å². The van der Waals surface area contributed by atoms with Crippen LogP contribution in [0, 0.1) is 6.92 Å². The van der Waals surface area contributed by atoms with Crippen LogP contribution in [0.4, 0.5) is 0 Å². The molecule has 2 aromatic rings. The largest absolute Gasteiger partial charge is 0.262 e. The molecule has 0 radical (unpaired) electrons. The van der Waals surface area contributed by atoms with Crippen molar-refractivity contribution in [3.05, 3.63) is 23.4 Å². The highest BCUT2D eigenvalue weighted by Gasteiger charge is 2.04. The molecule has 0 saturated carbocycles. The first-order valence-corrected chi connectivity index (χ1v) is 4.98. The fourth-order valence-electron chi connectivity index (χ4n) is 0.835. The second-order valence-corrected chi connectivity index (χ2v) is 3.86. The van der Waals surface area contributed by atoms with Gasteiger partial charge in [0.25, 0.3) is 0 Å². The lowest BCUT2D eigenvalue weighted by molar-refractivity contribution is 0.960. The molecule has 1 N–H and O–H groups in total. The van der Waals surface area contributed by atoms with Crippen molar-refractivity contribution in [2.75, 3.05) is 0 Å². The highest BCUT2D eigenvalue weighted by molar-refractivity contribution is 7.99. The van der Waals surface area contributed by atoms with Gasteiger partial charge in [0.05, 0.1) is 0 Å². The Morgan fingerprint density at radius 1 is 1.43 bits per heavy atom. The highest BCUT2D eigenvalue weighted by Crippen LogP contribution is 2.23. The summed E-state index contributed by atoms with van der Waals surface area (Å²) in [5.74, 6) is 0.771. The van der Waals surface area contributed by atoms with Crippen LogP contribution in [0.1, 0.15) is 5.82 Å². The van der Waals surface area contributed by atoms with Gasteiger partial charge in [-0.3, -0.25) is 5.10 Å². The molecule has 0 unspecified atom stereocenters. The van der Waals surface area contributed by atoms with Gasteiger partial charge in [0, 0.05) is 6.07 Å². The van der Waals surface area contributed by atoms with E-state index >= 15 is 0 Å². The minimum absolute atomic E-state index is 0.412. The van der Waals surface area contributed by atoms with E-state index in [0.717, 1.165) is 10.9 Å². The van der Waals surface area contributed by atoms with Gasteiger partial charge in [0.1, 0.15) is 22.3 Å². The SMILES string of the molecule is Cc1nc(Sc2cc(Cl)ncn2)n[nH]1. The van der Waals surface area contributed by atoms with Crippen LogP contribution < -0.4 is 0 Å². The number of aryl methyl sites for hydroxylation is 1. The number of hydrogen-bond acceptors (Lipinski definition) is 5. The van der Waals surface area contributed by atoms with Gasteiger partial charge in [-0.1, -0.05) is 11.6 Å². The van der Waals surface area contributed by atoms with Crippen molar-refractivity contribution < 1.29 is 0 Å². The Morgan fingerprint density at radius 3 is 2.93 bits per heavy atom. The summed E-state index contributed by atoms with van der Waals surface area (Å²) in [6.07, 6.45) is 1.41. The first-order chi connectivity index (χ1) is 6.74. The van der Waals surface area contributed by atoms with E-state index in [1.165, 1.54) is 18.1 Å². The lowest BCUT2D eigenvalue weighted by Gasteiger charge is -1.94. The Balaban J connectivity index is 2.18. The van der Waals surface area contributed by atoms with Gasteiger partial charge >= 0.3 is 0 Å². The molecule has 14 heavy (non-hydrogen) atoms. The molecule has 5 nitrogen and oxygen atoms in total. The fraction of sp³-hybridized carbons (Fsp3) is 0.143. The van der Waals surface area contributed by atoms with Gasteiger partial charge in [-0.05, 0) is 18.7 Å². The highest BCUT2D eigenvalue weighted by atomic mass is 35.5. The van der Waals surface area contributed by atoms with Crippen LogP contribution in [0.2, 0.25) is 5.15 Å². The smallest absolute Gasteiger partial charge is 0.214 e. The van der Waals surface area contributed by atoms with E-state index in [-0.39, 0.29) is 0 Å². The number of halogens is 1. The number of aromatic nitrogens is 5. The van der Waals surface area contributed by atoms with Gasteiger partial charge in [-0.25, -0.2) is 15.0 Å². The summed E-state index contributed by atoms with van der Waals surface area (Å²) in [5, 5.41) is 8.47. The maximum absolute atomic E-state index is 5.70. The molecule has 7 heteroatoms. The van der Waals surface area contributed by atoms with Gasteiger partial charge in [0.15, 0.2) is 0 Å².